The first-order valence-electron chi connectivity index (χ1n) is 3.72. The highest BCUT2D eigenvalue weighted by Crippen LogP contribution is 2.31. The molecule has 2 N–H and O–H groups in total. The zero-order valence-corrected chi connectivity index (χ0v) is 8.27. The Balaban J connectivity index is 2.53. The summed E-state index contributed by atoms with van der Waals surface area (Å²) in [6.07, 6.45) is 1.70. The Morgan fingerprint density at radius 3 is 2.92 bits per heavy atom. The van der Waals surface area contributed by atoms with E-state index in [-0.39, 0.29) is 0 Å². The lowest BCUT2D eigenvalue weighted by Gasteiger charge is -2.00. The molecule has 0 atom stereocenters. The van der Waals surface area contributed by atoms with E-state index in [9.17, 15) is 0 Å². The molecule has 4 heteroatoms. The second-order valence-corrected chi connectivity index (χ2v) is 3.92. The highest BCUT2D eigenvalue weighted by Gasteiger charge is 2.04. The first-order valence-corrected chi connectivity index (χ1v) is 4.98. The molecule has 0 aliphatic heterocycles. The Morgan fingerprint density at radius 1 is 1.46 bits per heavy atom. The quantitative estimate of drug-likeness (QED) is 0.786. The van der Waals surface area contributed by atoms with Crippen LogP contribution in [0.1, 0.15) is 0 Å². The van der Waals surface area contributed by atoms with Crippen LogP contribution in [0.25, 0.3) is 10.4 Å². The molecule has 0 amide bonds. The number of nitrogens with two attached hydrogens (primary N) is 1. The molecular weight excluding hydrogens is 204 g/mol. The van der Waals surface area contributed by atoms with E-state index in [2.05, 4.69) is 4.98 Å². The summed E-state index contributed by atoms with van der Waals surface area (Å²) in [4.78, 5) is 5.10. The number of nitrogen functional groups attached to an aromatic ring is 1. The topological polar surface area (TPSA) is 38.9 Å². The minimum absolute atomic E-state index is 0.449. The van der Waals surface area contributed by atoms with Crippen molar-refractivity contribution in [2.45, 2.75) is 0 Å². The van der Waals surface area contributed by atoms with Crippen LogP contribution in [-0.4, -0.2) is 4.98 Å². The lowest BCUT2D eigenvalue weighted by Crippen LogP contribution is -1.89. The molecule has 2 rings (SSSR count). The summed E-state index contributed by atoms with van der Waals surface area (Å²) in [5.74, 6) is 0.449. The van der Waals surface area contributed by atoms with Gasteiger partial charge in [0.05, 0.1) is 5.02 Å². The third kappa shape index (κ3) is 1.66. The third-order valence-corrected chi connectivity index (χ3v) is 2.88. The van der Waals surface area contributed by atoms with E-state index in [0.29, 0.717) is 10.8 Å². The number of anilines is 1. The van der Waals surface area contributed by atoms with Crippen LogP contribution in [0.4, 0.5) is 5.82 Å². The van der Waals surface area contributed by atoms with Crippen LogP contribution in [0, 0.1) is 0 Å². The monoisotopic (exact) mass is 210 g/mol. The smallest absolute Gasteiger partial charge is 0.124 e. The van der Waals surface area contributed by atoms with E-state index >= 15 is 0 Å². The summed E-state index contributed by atoms with van der Waals surface area (Å²) in [6, 6.07) is 5.65. The number of hydrogen-bond acceptors (Lipinski definition) is 3. The average molecular weight is 211 g/mol. The lowest BCUT2D eigenvalue weighted by molar-refractivity contribution is 1.34. The summed E-state index contributed by atoms with van der Waals surface area (Å²) in [5.41, 5.74) is 6.42. The zero-order chi connectivity index (χ0) is 9.26. The molecule has 13 heavy (non-hydrogen) atoms. The molecule has 0 fully saturated rings. The first-order chi connectivity index (χ1) is 6.27. The maximum Gasteiger partial charge on any atom is 0.124 e. The SMILES string of the molecule is Nc1cc(Cl)c(-c2cccs2)cn1. The largest absolute Gasteiger partial charge is 0.384 e. The fourth-order valence-corrected chi connectivity index (χ4v) is 2.13. The normalized spacial score (nSPS) is 10.2. The number of aromatic nitrogens is 1. The van der Waals surface area contributed by atoms with Crippen molar-refractivity contribution in [3.63, 3.8) is 0 Å². The van der Waals surface area contributed by atoms with Crippen molar-refractivity contribution < 1.29 is 0 Å². The molecule has 0 aromatic carbocycles. The average Bonchev–Trinajstić information content (AvgIpc) is 2.56. The van der Waals surface area contributed by atoms with Crippen LogP contribution in [0.3, 0.4) is 0 Å². The van der Waals surface area contributed by atoms with Gasteiger partial charge in [0, 0.05) is 16.6 Å². The molecule has 2 heterocycles. The van der Waals surface area contributed by atoms with Crippen molar-refractivity contribution in [1.82, 2.24) is 4.98 Å². The van der Waals surface area contributed by atoms with Gasteiger partial charge in [0.15, 0.2) is 0 Å². The van der Waals surface area contributed by atoms with Gasteiger partial charge in [0.25, 0.3) is 0 Å². The van der Waals surface area contributed by atoms with Crippen molar-refractivity contribution in [2.75, 3.05) is 5.73 Å². The fraction of sp³-hybridized carbons (Fsp3) is 0. The number of rotatable bonds is 1. The molecule has 0 radical (unpaired) electrons. The summed E-state index contributed by atoms with van der Waals surface area (Å²) < 4.78 is 0. The number of nitrogens with zero attached hydrogens (tertiary/aromatic N) is 1. The van der Waals surface area contributed by atoms with Gasteiger partial charge < -0.3 is 5.73 Å². The van der Waals surface area contributed by atoms with Crippen LogP contribution in [0.15, 0.2) is 29.8 Å². The first kappa shape index (κ1) is 8.53. The summed E-state index contributed by atoms with van der Waals surface area (Å²) in [7, 11) is 0. The van der Waals surface area contributed by atoms with Gasteiger partial charge in [-0.25, -0.2) is 4.98 Å². The van der Waals surface area contributed by atoms with Crippen molar-refractivity contribution in [2.24, 2.45) is 0 Å². The Bertz CT molecular complexity index is 412. The molecule has 0 spiro atoms. The standard InChI is InChI=1S/C9H7ClN2S/c10-7-4-9(11)12-5-6(7)8-2-1-3-13-8/h1-5H,(H2,11,12). The Kier molecular flexibility index (Phi) is 2.20. The highest BCUT2D eigenvalue weighted by atomic mass is 35.5. The molecule has 0 aliphatic carbocycles. The van der Waals surface area contributed by atoms with Gasteiger partial charge in [0.2, 0.25) is 0 Å². The van der Waals surface area contributed by atoms with Crippen LogP contribution in [-0.2, 0) is 0 Å². The second kappa shape index (κ2) is 3.36. The van der Waals surface area contributed by atoms with Gasteiger partial charge in [-0.05, 0) is 17.5 Å². The maximum atomic E-state index is 6.01. The minimum atomic E-state index is 0.449. The van der Waals surface area contributed by atoms with Crippen LogP contribution in [0.2, 0.25) is 5.02 Å². The fourth-order valence-electron chi connectivity index (χ4n) is 1.06. The molecule has 0 unspecified atom stereocenters. The third-order valence-electron chi connectivity index (χ3n) is 1.66. The molecule has 2 nitrogen and oxygen atoms in total. The molecule has 66 valence electrons. The van der Waals surface area contributed by atoms with E-state index in [4.69, 9.17) is 17.3 Å². The molecule has 0 saturated heterocycles. The van der Waals surface area contributed by atoms with Gasteiger partial charge in [0.1, 0.15) is 5.82 Å². The van der Waals surface area contributed by atoms with Gasteiger partial charge in [-0.1, -0.05) is 17.7 Å². The van der Waals surface area contributed by atoms with E-state index in [1.54, 1.807) is 23.6 Å². The highest BCUT2D eigenvalue weighted by molar-refractivity contribution is 7.13. The Hall–Kier alpha value is -1.06. The minimum Gasteiger partial charge on any atom is -0.384 e. The Labute approximate surface area is 85.0 Å². The van der Waals surface area contributed by atoms with Crippen LogP contribution < -0.4 is 5.73 Å². The maximum absolute atomic E-state index is 6.01. The van der Waals surface area contributed by atoms with Crippen LogP contribution in [0.5, 0.6) is 0 Å². The second-order valence-electron chi connectivity index (χ2n) is 2.57. The number of halogens is 1. The number of pyridine rings is 1. The predicted octanol–water partition coefficient (Wildman–Crippen LogP) is 3.05. The molecule has 0 saturated carbocycles. The van der Waals surface area contributed by atoms with E-state index in [0.717, 1.165) is 10.4 Å². The molecule has 2 aromatic heterocycles. The molecular formula is C9H7ClN2S. The van der Waals surface area contributed by atoms with Crippen LogP contribution >= 0.6 is 22.9 Å². The number of hydrogen-bond donors (Lipinski definition) is 1. The summed E-state index contributed by atoms with van der Waals surface area (Å²) in [5, 5.41) is 2.65. The van der Waals surface area contributed by atoms with E-state index in [1.165, 1.54) is 0 Å². The van der Waals surface area contributed by atoms with Crippen molar-refractivity contribution in [3.8, 4) is 10.4 Å². The van der Waals surface area contributed by atoms with Crippen molar-refractivity contribution in [1.29, 1.82) is 0 Å². The van der Waals surface area contributed by atoms with E-state index < -0.39 is 0 Å². The van der Waals surface area contributed by atoms with Gasteiger partial charge in [-0.2, -0.15) is 0 Å². The van der Waals surface area contributed by atoms with Gasteiger partial charge >= 0.3 is 0 Å². The van der Waals surface area contributed by atoms with Gasteiger partial charge in [-0.15, -0.1) is 11.3 Å². The van der Waals surface area contributed by atoms with Crippen molar-refractivity contribution in [3.05, 3.63) is 34.8 Å². The molecule has 2 aromatic rings. The zero-order valence-electron chi connectivity index (χ0n) is 6.70. The molecule has 0 bridgehead atoms. The lowest BCUT2D eigenvalue weighted by atomic mass is 10.2. The molecule has 0 aliphatic rings. The van der Waals surface area contributed by atoms with E-state index in [1.807, 2.05) is 17.5 Å². The summed E-state index contributed by atoms with van der Waals surface area (Å²) in [6.45, 7) is 0. The Morgan fingerprint density at radius 2 is 2.31 bits per heavy atom. The summed E-state index contributed by atoms with van der Waals surface area (Å²) >= 11 is 7.64. The van der Waals surface area contributed by atoms with Crippen molar-refractivity contribution >= 4 is 28.8 Å². The predicted molar refractivity (Wildman–Crippen MR) is 57.0 cm³/mol. The number of thiophene rings is 1. The van der Waals surface area contributed by atoms with Gasteiger partial charge in [-0.3, -0.25) is 0 Å².